The molecule has 1 fully saturated rings. The van der Waals surface area contributed by atoms with Crippen LogP contribution in [-0.4, -0.2) is 30.7 Å². The van der Waals surface area contributed by atoms with Crippen molar-refractivity contribution < 1.29 is 9.13 Å². The molecule has 0 spiro atoms. The highest BCUT2D eigenvalue weighted by Gasteiger charge is 2.21. The van der Waals surface area contributed by atoms with E-state index in [1.165, 1.54) is 6.07 Å². The summed E-state index contributed by atoms with van der Waals surface area (Å²) in [5, 5.41) is 0. The lowest BCUT2D eigenvalue weighted by atomic mass is 10.1. The number of ether oxygens (including phenoxy) is 1. The number of hydrogen-bond donors (Lipinski definition) is 1. The molecular weight excluding hydrogens is 231 g/mol. The first-order valence-corrected chi connectivity index (χ1v) is 6.57. The van der Waals surface area contributed by atoms with Crippen molar-refractivity contribution in [3.63, 3.8) is 0 Å². The standard InChI is InChI=1S/C14H21FN2O/c1-2-18-11-5-4-8-17(9-11)10-12-13(15)6-3-7-14(12)16/h3,6-7,11H,2,4-5,8-10,16H2,1H3. The van der Waals surface area contributed by atoms with Crippen LogP contribution in [0.4, 0.5) is 10.1 Å². The van der Waals surface area contributed by atoms with E-state index >= 15 is 0 Å². The number of nitrogens with two attached hydrogens (primary N) is 1. The van der Waals surface area contributed by atoms with Crippen molar-refractivity contribution in [1.82, 2.24) is 4.90 Å². The van der Waals surface area contributed by atoms with Crippen molar-refractivity contribution in [2.24, 2.45) is 0 Å². The van der Waals surface area contributed by atoms with Gasteiger partial charge in [0.2, 0.25) is 0 Å². The highest BCUT2D eigenvalue weighted by Crippen LogP contribution is 2.21. The van der Waals surface area contributed by atoms with Crippen LogP contribution in [0, 0.1) is 5.82 Å². The van der Waals surface area contributed by atoms with E-state index in [9.17, 15) is 4.39 Å². The van der Waals surface area contributed by atoms with Crippen molar-refractivity contribution in [2.45, 2.75) is 32.4 Å². The Hall–Kier alpha value is -1.13. The summed E-state index contributed by atoms with van der Waals surface area (Å²) in [5.74, 6) is -0.214. The molecule has 1 heterocycles. The molecule has 1 unspecified atom stereocenters. The number of nitrogen functional groups attached to an aromatic ring is 1. The van der Waals surface area contributed by atoms with Gasteiger partial charge >= 0.3 is 0 Å². The summed E-state index contributed by atoms with van der Waals surface area (Å²) >= 11 is 0. The summed E-state index contributed by atoms with van der Waals surface area (Å²) < 4.78 is 19.4. The van der Waals surface area contributed by atoms with E-state index in [0.29, 0.717) is 17.8 Å². The summed E-state index contributed by atoms with van der Waals surface area (Å²) in [7, 11) is 0. The Balaban J connectivity index is 2.00. The van der Waals surface area contributed by atoms with Gasteiger partial charge in [0.25, 0.3) is 0 Å². The Bertz CT molecular complexity index is 375. The van der Waals surface area contributed by atoms with Crippen LogP contribution in [0.3, 0.4) is 0 Å². The molecule has 2 N–H and O–H groups in total. The molecule has 1 aromatic carbocycles. The SMILES string of the molecule is CCOC1CCCN(Cc2c(N)cccc2F)C1. The maximum Gasteiger partial charge on any atom is 0.129 e. The van der Waals surface area contributed by atoms with Gasteiger partial charge in [0.1, 0.15) is 5.82 Å². The molecule has 18 heavy (non-hydrogen) atoms. The fraction of sp³-hybridized carbons (Fsp3) is 0.571. The lowest BCUT2D eigenvalue weighted by Gasteiger charge is -2.32. The third-order valence-corrected chi connectivity index (χ3v) is 3.40. The predicted molar refractivity (Wildman–Crippen MR) is 70.7 cm³/mol. The van der Waals surface area contributed by atoms with Crippen LogP contribution in [-0.2, 0) is 11.3 Å². The normalized spacial score (nSPS) is 21.1. The molecule has 100 valence electrons. The second-order valence-corrected chi connectivity index (χ2v) is 4.76. The number of anilines is 1. The van der Waals surface area contributed by atoms with Gasteiger partial charge in [-0.05, 0) is 38.4 Å². The molecular formula is C14H21FN2O. The number of halogens is 1. The van der Waals surface area contributed by atoms with Crippen LogP contribution >= 0.6 is 0 Å². The predicted octanol–water partition coefficient (Wildman–Crippen LogP) is 2.41. The zero-order chi connectivity index (χ0) is 13.0. The van der Waals surface area contributed by atoms with Crippen LogP contribution in [0.2, 0.25) is 0 Å². The van der Waals surface area contributed by atoms with E-state index in [4.69, 9.17) is 10.5 Å². The number of nitrogens with zero attached hydrogens (tertiary/aromatic N) is 1. The number of hydrogen-bond acceptors (Lipinski definition) is 3. The third kappa shape index (κ3) is 3.21. The number of likely N-dealkylation sites (tertiary alicyclic amines) is 1. The monoisotopic (exact) mass is 252 g/mol. The average Bonchev–Trinajstić information content (AvgIpc) is 2.35. The highest BCUT2D eigenvalue weighted by atomic mass is 19.1. The molecule has 0 radical (unpaired) electrons. The molecule has 1 aliphatic rings. The Kier molecular flexibility index (Phi) is 4.55. The summed E-state index contributed by atoms with van der Waals surface area (Å²) in [6.07, 6.45) is 2.47. The van der Waals surface area contributed by atoms with Gasteiger partial charge in [-0.2, -0.15) is 0 Å². The average molecular weight is 252 g/mol. The molecule has 0 saturated carbocycles. The van der Waals surface area contributed by atoms with Gasteiger partial charge < -0.3 is 10.5 Å². The summed E-state index contributed by atoms with van der Waals surface area (Å²) in [5.41, 5.74) is 6.98. The smallest absolute Gasteiger partial charge is 0.129 e. The zero-order valence-electron chi connectivity index (χ0n) is 10.9. The van der Waals surface area contributed by atoms with Crippen LogP contribution in [0.25, 0.3) is 0 Å². The highest BCUT2D eigenvalue weighted by molar-refractivity contribution is 5.47. The van der Waals surface area contributed by atoms with Crippen molar-refractivity contribution in [3.05, 3.63) is 29.6 Å². The van der Waals surface area contributed by atoms with E-state index in [1.54, 1.807) is 12.1 Å². The van der Waals surface area contributed by atoms with Gasteiger partial charge in [-0.3, -0.25) is 4.90 Å². The summed E-state index contributed by atoms with van der Waals surface area (Å²) in [6, 6.07) is 4.87. The molecule has 0 bridgehead atoms. The first kappa shape index (κ1) is 13.3. The zero-order valence-corrected chi connectivity index (χ0v) is 10.9. The lowest BCUT2D eigenvalue weighted by Crippen LogP contribution is -2.39. The van der Waals surface area contributed by atoms with Crippen molar-refractivity contribution in [1.29, 1.82) is 0 Å². The fourth-order valence-electron chi connectivity index (χ4n) is 2.49. The number of rotatable bonds is 4. The Labute approximate surface area is 108 Å². The molecule has 1 atom stereocenters. The van der Waals surface area contributed by atoms with E-state index < -0.39 is 0 Å². The Morgan fingerprint density at radius 3 is 3.06 bits per heavy atom. The minimum atomic E-state index is -0.214. The molecule has 2 rings (SSSR count). The molecule has 1 saturated heterocycles. The van der Waals surface area contributed by atoms with Crippen LogP contribution in [0.1, 0.15) is 25.3 Å². The van der Waals surface area contributed by atoms with Gasteiger partial charge in [0, 0.05) is 30.9 Å². The van der Waals surface area contributed by atoms with Gasteiger partial charge in [-0.15, -0.1) is 0 Å². The first-order valence-electron chi connectivity index (χ1n) is 6.57. The second kappa shape index (κ2) is 6.16. The van der Waals surface area contributed by atoms with E-state index in [0.717, 1.165) is 32.5 Å². The van der Waals surface area contributed by atoms with Crippen LogP contribution in [0.5, 0.6) is 0 Å². The molecule has 1 aliphatic heterocycles. The lowest BCUT2D eigenvalue weighted by molar-refractivity contribution is 0.00342. The number of benzene rings is 1. The van der Waals surface area contributed by atoms with Crippen molar-refractivity contribution in [2.75, 3.05) is 25.4 Å². The van der Waals surface area contributed by atoms with Crippen molar-refractivity contribution >= 4 is 5.69 Å². The van der Waals surface area contributed by atoms with E-state index in [1.807, 2.05) is 6.92 Å². The Morgan fingerprint density at radius 2 is 2.33 bits per heavy atom. The van der Waals surface area contributed by atoms with E-state index in [2.05, 4.69) is 4.90 Å². The quantitative estimate of drug-likeness (QED) is 0.836. The fourth-order valence-corrected chi connectivity index (χ4v) is 2.49. The Morgan fingerprint density at radius 1 is 1.50 bits per heavy atom. The minimum Gasteiger partial charge on any atom is -0.398 e. The van der Waals surface area contributed by atoms with Gasteiger partial charge in [0.15, 0.2) is 0 Å². The van der Waals surface area contributed by atoms with Crippen LogP contribution in [0.15, 0.2) is 18.2 Å². The molecule has 3 nitrogen and oxygen atoms in total. The first-order chi connectivity index (χ1) is 8.70. The summed E-state index contributed by atoms with van der Waals surface area (Å²) in [6.45, 7) is 5.16. The topological polar surface area (TPSA) is 38.5 Å². The van der Waals surface area contributed by atoms with Crippen LogP contribution < -0.4 is 5.73 Å². The number of piperidine rings is 1. The molecule has 4 heteroatoms. The molecule has 1 aromatic rings. The van der Waals surface area contributed by atoms with Gasteiger partial charge in [-0.1, -0.05) is 6.07 Å². The molecule has 0 amide bonds. The van der Waals surface area contributed by atoms with Gasteiger partial charge in [0.05, 0.1) is 6.10 Å². The maximum absolute atomic E-state index is 13.7. The van der Waals surface area contributed by atoms with Crippen molar-refractivity contribution in [3.8, 4) is 0 Å². The molecule has 0 aromatic heterocycles. The second-order valence-electron chi connectivity index (χ2n) is 4.76. The van der Waals surface area contributed by atoms with E-state index in [-0.39, 0.29) is 11.9 Å². The molecule has 0 aliphatic carbocycles. The largest absolute Gasteiger partial charge is 0.398 e. The summed E-state index contributed by atoms with van der Waals surface area (Å²) in [4.78, 5) is 2.22. The maximum atomic E-state index is 13.7. The minimum absolute atomic E-state index is 0.214. The van der Waals surface area contributed by atoms with Gasteiger partial charge in [-0.25, -0.2) is 4.39 Å². The third-order valence-electron chi connectivity index (χ3n) is 3.40.